The molecular formula is C13H19Cl2NO4S. The molecule has 1 N–H and O–H groups in total. The molecular weight excluding hydrogens is 337 g/mol. The second kappa shape index (κ2) is 6.14. The van der Waals surface area contributed by atoms with E-state index in [9.17, 15) is 14.7 Å². The van der Waals surface area contributed by atoms with Crippen LogP contribution in [0.2, 0.25) is 0 Å². The van der Waals surface area contributed by atoms with Crippen molar-refractivity contribution in [2.75, 3.05) is 6.61 Å². The molecule has 0 aromatic heterocycles. The molecule has 120 valence electrons. The highest BCUT2D eigenvalue weighted by atomic mass is 35.5. The summed E-state index contributed by atoms with van der Waals surface area (Å²) in [7, 11) is 0. The molecule has 0 aromatic rings. The maximum absolute atomic E-state index is 12.3. The first-order valence-corrected chi connectivity index (χ1v) is 8.58. The first-order chi connectivity index (χ1) is 9.70. The van der Waals surface area contributed by atoms with Gasteiger partial charge in [-0.2, -0.15) is 0 Å². The van der Waals surface area contributed by atoms with E-state index in [2.05, 4.69) is 0 Å². The number of β-lactam (4-membered cyclic amide) rings is 1. The lowest BCUT2D eigenvalue weighted by Gasteiger charge is -2.45. The number of rotatable bonds is 5. The quantitative estimate of drug-likeness (QED) is 0.462. The van der Waals surface area contributed by atoms with Crippen LogP contribution in [0.15, 0.2) is 0 Å². The summed E-state index contributed by atoms with van der Waals surface area (Å²) < 4.78 is 4.60. The zero-order valence-electron chi connectivity index (χ0n) is 12.1. The van der Waals surface area contributed by atoms with Gasteiger partial charge in [0.2, 0.25) is 5.91 Å². The van der Waals surface area contributed by atoms with Crippen molar-refractivity contribution in [3.63, 3.8) is 0 Å². The minimum atomic E-state index is -0.788. The summed E-state index contributed by atoms with van der Waals surface area (Å²) in [5.74, 6) is -1.13. The fourth-order valence-electron chi connectivity index (χ4n) is 2.86. The van der Waals surface area contributed by atoms with Gasteiger partial charge in [-0.3, -0.25) is 4.79 Å². The highest BCUT2D eigenvalue weighted by Gasteiger charge is 2.65. The molecule has 2 aliphatic heterocycles. The Morgan fingerprint density at radius 2 is 2.14 bits per heavy atom. The Morgan fingerprint density at radius 1 is 1.52 bits per heavy atom. The highest BCUT2D eigenvalue weighted by Crippen LogP contribution is 2.54. The molecule has 0 spiro atoms. The molecule has 1 amide bonds. The van der Waals surface area contributed by atoms with Gasteiger partial charge in [0, 0.05) is 4.75 Å². The molecule has 0 aromatic carbocycles. The number of carbonyl (C=O) groups is 2. The average Bonchev–Trinajstić information content (AvgIpc) is 2.64. The van der Waals surface area contributed by atoms with Crippen molar-refractivity contribution in [3.05, 3.63) is 0 Å². The molecule has 4 atom stereocenters. The summed E-state index contributed by atoms with van der Waals surface area (Å²) in [6, 6.07) is -0.674. The smallest absolute Gasteiger partial charge is 0.330 e. The number of aliphatic hydroxyl groups is 1. The van der Waals surface area contributed by atoms with Crippen LogP contribution in [-0.4, -0.2) is 55.6 Å². The molecule has 21 heavy (non-hydrogen) atoms. The molecule has 0 bridgehead atoms. The van der Waals surface area contributed by atoms with Crippen molar-refractivity contribution in [1.29, 1.82) is 0 Å². The van der Waals surface area contributed by atoms with Crippen molar-refractivity contribution in [2.24, 2.45) is 5.92 Å². The molecule has 2 fully saturated rings. The summed E-state index contributed by atoms with van der Waals surface area (Å²) in [6.07, 6.45) is -0.163. The molecule has 2 saturated heterocycles. The van der Waals surface area contributed by atoms with Gasteiger partial charge in [0.25, 0.3) is 0 Å². The number of amides is 1. The SMILES string of the molecule is CCC(O)[C@@H]1C(=O)N2[C@@H]1SC(C)(C)[C@@H]2C(=O)OCC(Cl)Cl. The number of esters is 1. The van der Waals surface area contributed by atoms with Gasteiger partial charge in [0.05, 0.1) is 17.4 Å². The molecule has 2 aliphatic rings. The van der Waals surface area contributed by atoms with Crippen LogP contribution < -0.4 is 0 Å². The Morgan fingerprint density at radius 3 is 2.67 bits per heavy atom. The van der Waals surface area contributed by atoms with E-state index < -0.39 is 33.6 Å². The van der Waals surface area contributed by atoms with E-state index in [0.29, 0.717) is 6.42 Å². The minimum absolute atomic E-state index is 0.104. The summed E-state index contributed by atoms with van der Waals surface area (Å²) in [5.41, 5.74) is 0. The van der Waals surface area contributed by atoms with Crippen molar-refractivity contribution in [2.45, 2.75) is 54.3 Å². The summed E-state index contributed by atoms with van der Waals surface area (Å²) in [5, 5.41) is 9.78. The Hall–Kier alpha value is -0.170. The average molecular weight is 356 g/mol. The third kappa shape index (κ3) is 3.00. The molecule has 8 heteroatoms. The number of thioether (sulfide) groups is 1. The predicted octanol–water partition coefficient (Wildman–Crippen LogP) is 1.78. The van der Waals surface area contributed by atoms with Gasteiger partial charge < -0.3 is 14.7 Å². The number of halogens is 2. The van der Waals surface area contributed by atoms with Gasteiger partial charge in [-0.1, -0.05) is 6.92 Å². The molecule has 0 radical (unpaired) electrons. The fourth-order valence-corrected chi connectivity index (χ4v) is 4.73. The topological polar surface area (TPSA) is 66.8 Å². The zero-order chi connectivity index (χ0) is 15.9. The number of hydrogen-bond acceptors (Lipinski definition) is 5. The van der Waals surface area contributed by atoms with Crippen LogP contribution in [0.25, 0.3) is 0 Å². The lowest BCUT2D eigenvalue weighted by Crippen LogP contribution is -2.65. The summed E-state index contributed by atoms with van der Waals surface area (Å²) in [4.78, 5) is 25.2. The maximum atomic E-state index is 12.3. The first kappa shape index (κ1) is 17.2. The Bertz CT molecular complexity index is 446. The van der Waals surface area contributed by atoms with E-state index in [-0.39, 0.29) is 17.9 Å². The van der Waals surface area contributed by atoms with Crippen LogP contribution in [0.1, 0.15) is 27.2 Å². The summed E-state index contributed by atoms with van der Waals surface area (Å²) >= 11 is 12.6. The monoisotopic (exact) mass is 355 g/mol. The third-order valence-corrected chi connectivity index (χ3v) is 5.73. The molecule has 1 unspecified atom stereocenters. The van der Waals surface area contributed by atoms with Crippen molar-refractivity contribution in [1.82, 2.24) is 4.90 Å². The maximum Gasteiger partial charge on any atom is 0.330 e. The number of hydrogen-bond donors (Lipinski definition) is 1. The van der Waals surface area contributed by atoms with E-state index in [1.807, 2.05) is 20.8 Å². The van der Waals surface area contributed by atoms with Crippen molar-refractivity contribution < 1.29 is 19.4 Å². The largest absolute Gasteiger partial charge is 0.461 e. The fraction of sp³-hybridized carbons (Fsp3) is 0.846. The van der Waals surface area contributed by atoms with Gasteiger partial charge in [0.1, 0.15) is 17.5 Å². The number of fused-ring (bicyclic) bond motifs is 1. The number of carbonyl (C=O) groups excluding carboxylic acids is 2. The van der Waals surface area contributed by atoms with Crippen LogP contribution in [0.3, 0.4) is 0 Å². The summed E-state index contributed by atoms with van der Waals surface area (Å²) in [6.45, 7) is 5.51. The van der Waals surface area contributed by atoms with Crippen LogP contribution in [-0.2, 0) is 14.3 Å². The van der Waals surface area contributed by atoms with Crippen LogP contribution in [0, 0.1) is 5.92 Å². The Balaban J connectivity index is 2.13. The second-order valence-electron chi connectivity index (χ2n) is 5.78. The van der Waals surface area contributed by atoms with E-state index in [1.54, 1.807) is 0 Å². The number of nitrogens with zero attached hydrogens (tertiary/aromatic N) is 1. The second-order valence-corrected chi connectivity index (χ2v) is 8.83. The predicted molar refractivity (Wildman–Crippen MR) is 82.3 cm³/mol. The standard InChI is InChI=1S/C13H19Cl2NO4S/c1-4-6(17)8-10(18)16-9(12(19)20-5-7(14)15)13(2,3)21-11(8)16/h6-9,11,17H,4-5H2,1-3H3/t6?,8-,9+,11-/m1/s1. The van der Waals surface area contributed by atoms with Crippen LogP contribution in [0.5, 0.6) is 0 Å². The number of alkyl halides is 2. The van der Waals surface area contributed by atoms with Gasteiger partial charge in [0.15, 0.2) is 0 Å². The molecule has 2 heterocycles. The zero-order valence-corrected chi connectivity index (χ0v) is 14.4. The third-order valence-electron chi connectivity index (χ3n) is 3.89. The molecule has 2 rings (SSSR count). The lowest BCUT2D eigenvalue weighted by molar-refractivity contribution is -0.171. The van der Waals surface area contributed by atoms with Gasteiger partial charge in [-0.25, -0.2) is 4.79 Å². The minimum Gasteiger partial charge on any atom is -0.461 e. The molecule has 5 nitrogen and oxygen atoms in total. The van der Waals surface area contributed by atoms with Gasteiger partial charge in [-0.05, 0) is 20.3 Å². The normalized spacial score (nSPS) is 31.9. The van der Waals surface area contributed by atoms with E-state index in [4.69, 9.17) is 27.9 Å². The van der Waals surface area contributed by atoms with E-state index in [1.165, 1.54) is 16.7 Å². The van der Waals surface area contributed by atoms with Gasteiger partial charge >= 0.3 is 5.97 Å². The first-order valence-electron chi connectivity index (χ1n) is 6.83. The van der Waals surface area contributed by atoms with Crippen LogP contribution in [0.4, 0.5) is 0 Å². The van der Waals surface area contributed by atoms with E-state index >= 15 is 0 Å². The van der Waals surface area contributed by atoms with E-state index in [0.717, 1.165) is 0 Å². The molecule has 0 aliphatic carbocycles. The van der Waals surface area contributed by atoms with Crippen molar-refractivity contribution in [3.8, 4) is 0 Å². The highest BCUT2D eigenvalue weighted by molar-refractivity contribution is 8.01. The number of aliphatic hydroxyl groups excluding tert-OH is 1. The number of ether oxygens (including phenoxy) is 1. The van der Waals surface area contributed by atoms with Crippen LogP contribution >= 0.6 is 35.0 Å². The molecule has 0 saturated carbocycles. The van der Waals surface area contributed by atoms with Crippen molar-refractivity contribution >= 4 is 46.8 Å². The lowest BCUT2D eigenvalue weighted by atomic mass is 9.87. The Labute approximate surface area is 138 Å². The Kier molecular flexibility index (Phi) is 5.03. The van der Waals surface area contributed by atoms with Gasteiger partial charge in [-0.15, -0.1) is 35.0 Å².